The topological polar surface area (TPSA) is 17.1 Å². The van der Waals surface area contributed by atoms with Gasteiger partial charge in [-0.3, -0.25) is 4.21 Å². The van der Waals surface area contributed by atoms with Gasteiger partial charge >= 0.3 is 0 Å². The molecule has 0 aromatic heterocycles. The van der Waals surface area contributed by atoms with Gasteiger partial charge < -0.3 is 0 Å². The summed E-state index contributed by atoms with van der Waals surface area (Å²) in [4.78, 5) is 0. The highest BCUT2D eigenvalue weighted by molar-refractivity contribution is 7.88. The van der Waals surface area contributed by atoms with Crippen molar-refractivity contribution >= 4 is 34.0 Å². The van der Waals surface area contributed by atoms with Crippen molar-refractivity contribution in [3.63, 3.8) is 0 Å². The largest absolute Gasteiger partial charge is 0.256 e. The Labute approximate surface area is 124 Å². The number of rotatable bonds is 0. The smallest absolute Gasteiger partial charge is 0.170 e. The first kappa shape index (κ1) is 12.0. The number of halogens is 2. The van der Waals surface area contributed by atoms with Crippen LogP contribution >= 0.6 is 23.2 Å². The highest BCUT2D eigenvalue weighted by Crippen LogP contribution is 2.63. The van der Waals surface area contributed by atoms with Crippen LogP contribution in [0, 0.1) is 0 Å². The van der Waals surface area contributed by atoms with Crippen molar-refractivity contribution in [2.75, 3.05) is 0 Å². The van der Waals surface area contributed by atoms with Crippen molar-refractivity contribution in [2.45, 2.75) is 14.8 Å². The molecule has 0 spiro atoms. The monoisotopic (exact) mass is 308 g/mol. The lowest BCUT2D eigenvalue weighted by molar-refractivity contribution is 0.660. The predicted octanol–water partition coefficient (Wildman–Crippen LogP) is 4.22. The Bertz CT molecular complexity index is 715. The molecular weight excluding hydrogens is 299 g/mol. The predicted molar refractivity (Wildman–Crippen MR) is 79.0 cm³/mol. The molecule has 3 unspecified atom stereocenters. The summed E-state index contributed by atoms with van der Waals surface area (Å²) in [7, 11) is -1.24. The quantitative estimate of drug-likeness (QED) is 0.666. The Morgan fingerprint density at radius 1 is 0.947 bits per heavy atom. The molecule has 1 nitrogen and oxygen atoms in total. The van der Waals surface area contributed by atoms with Crippen molar-refractivity contribution in [1.82, 2.24) is 0 Å². The summed E-state index contributed by atoms with van der Waals surface area (Å²) in [5.41, 5.74) is 3.85. The minimum absolute atomic E-state index is 0.217. The van der Waals surface area contributed by atoms with E-state index in [1.54, 1.807) is 0 Å². The van der Waals surface area contributed by atoms with Gasteiger partial charge in [0.2, 0.25) is 0 Å². The van der Waals surface area contributed by atoms with Gasteiger partial charge in [-0.1, -0.05) is 60.1 Å². The van der Waals surface area contributed by atoms with Crippen LogP contribution in [0.15, 0.2) is 48.5 Å². The molecule has 4 rings (SSSR count). The number of hydrogen-bond acceptors (Lipinski definition) is 1. The molecule has 0 N–H and O–H groups in total. The molecule has 0 saturated carbocycles. The lowest BCUT2D eigenvalue weighted by atomic mass is 9.99. The Morgan fingerprint density at radius 3 is 2.16 bits per heavy atom. The lowest BCUT2D eigenvalue weighted by Gasteiger charge is -2.32. The molecule has 4 heteroatoms. The zero-order valence-electron chi connectivity index (χ0n) is 9.85. The Balaban J connectivity index is 2.14. The summed E-state index contributed by atoms with van der Waals surface area (Å²) in [6.45, 7) is 0. The molecule has 2 aromatic carbocycles. The van der Waals surface area contributed by atoms with Gasteiger partial charge in [0.15, 0.2) is 4.21 Å². The standard InChI is InChI=1S/C15H10Cl2OS/c16-13-9-5-1-3-7-11(9)15(17)12-8-4-2-6-10(12)14(13)19(15)18/h1-8,13-14H/t13?,14?,15-,19?/m0/s1. The fourth-order valence-corrected chi connectivity index (χ4v) is 6.34. The number of benzene rings is 2. The van der Waals surface area contributed by atoms with Crippen LogP contribution in [0.5, 0.6) is 0 Å². The molecule has 96 valence electrons. The first-order valence-corrected chi connectivity index (χ1v) is 8.11. The second-order valence-corrected chi connectivity index (χ2v) is 7.87. The highest BCUT2D eigenvalue weighted by atomic mass is 35.5. The van der Waals surface area contributed by atoms with Crippen LogP contribution < -0.4 is 0 Å². The van der Waals surface area contributed by atoms with Crippen LogP contribution in [0.3, 0.4) is 0 Å². The summed E-state index contributed by atoms with van der Waals surface area (Å²) in [5, 5.41) is -0.502. The molecule has 2 aliphatic heterocycles. The van der Waals surface area contributed by atoms with Gasteiger partial charge in [0.25, 0.3) is 0 Å². The third-order valence-electron chi connectivity index (χ3n) is 3.99. The van der Waals surface area contributed by atoms with Crippen LogP contribution in [-0.2, 0) is 15.0 Å². The van der Waals surface area contributed by atoms with Crippen molar-refractivity contribution in [2.24, 2.45) is 0 Å². The fraction of sp³-hybridized carbons (Fsp3) is 0.200. The Hall–Kier alpha value is -0.830. The van der Waals surface area contributed by atoms with E-state index in [0.717, 1.165) is 22.3 Å². The summed E-state index contributed by atoms with van der Waals surface area (Å²) < 4.78 is 11.9. The molecule has 0 radical (unpaired) electrons. The van der Waals surface area contributed by atoms with Gasteiger partial charge in [0.1, 0.15) is 0 Å². The summed E-state index contributed by atoms with van der Waals surface area (Å²) in [6.07, 6.45) is 0. The third-order valence-corrected chi connectivity index (χ3v) is 7.47. The maximum absolute atomic E-state index is 12.8. The molecule has 0 amide bonds. The molecule has 0 fully saturated rings. The zero-order chi connectivity index (χ0) is 13.2. The van der Waals surface area contributed by atoms with Gasteiger partial charge in [-0.25, -0.2) is 0 Å². The van der Waals surface area contributed by atoms with Crippen LogP contribution in [0.2, 0.25) is 0 Å². The van der Waals surface area contributed by atoms with Crippen molar-refractivity contribution in [3.05, 3.63) is 70.8 Å². The number of alkyl halides is 2. The Morgan fingerprint density at radius 2 is 1.47 bits per heavy atom. The normalized spacial score (nSPS) is 34.7. The molecule has 4 atom stereocenters. The average Bonchev–Trinajstić information content (AvgIpc) is 2.63. The minimum atomic E-state index is -1.24. The zero-order valence-corrected chi connectivity index (χ0v) is 12.2. The van der Waals surface area contributed by atoms with E-state index in [0.29, 0.717) is 0 Å². The molecular formula is C15H10Cl2OS. The Kier molecular flexibility index (Phi) is 2.42. The molecule has 19 heavy (non-hydrogen) atoms. The van der Waals surface area contributed by atoms with Gasteiger partial charge in [-0.05, 0) is 22.3 Å². The first-order chi connectivity index (χ1) is 9.15. The number of hydrogen-bond donors (Lipinski definition) is 0. The van der Waals surface area contributed by atoms with Crippen molar-refractivity contribution in [1.29, 1.82) is 0 Å². The van der Waals surface area contributed by atoms with Gasteiger partial charge in [0, 0.05) is 0 Å². The van der Waals surface area contributed by atoms with Crippen LogP contribution in [0.1, 0.15) is 32.9 Å². The minimum Gasteiger partial charge on any atom is -0.256 e. The third kappa shape index (κ3) is 1.30. The van der Waals surface area contributed by atoms with E-state index in [4.69, 9.17) is 23.2 Å². The van der Waals surface area contributed by atoms with Crippen molar-refractivity contribution < 1.29 is 4.21 Å². The van der Waals surface area contributed by atoms with Crippen LogP contribution in [0.4, 0.5) is 0 Å². The fourth-order valence-electron chi connectivity index (χ4n) is 3.15. The summed E-state index contributed by atoms with van der Waals surface area (Å²) in [5.74, 6) is 0. The second kappa shape index (κ2) is 3.85. The van der Waals surface area contributed by atoms with E-state index in [2.05, 4.69) is 0 Å². The summed E-state index contributed by atoms with van der Waals surface area (Å²) in [6, 6.07) is 15.6. The molecule has 0 aliphatic carbocycles. The molecule has 2 aliphatic rings. The van der Waals surface area contributed by atoms with Gasteiger partial charge in [0.05, 0.1) is 21.4 Å². The van der Waals surface area contributed by atoms with Crippen LogP contribution in [0.25, 0.3) is 0 Å². The van der Waals surface area contributed by atoms with E-state index in [-0.39, 0.29) is 10.6 Å². The molecule has 2 bridgehead atoms. The molecule has 0 saturated heterocycles. The second-order valence-electron chi connectivity index (χ2n) is 4.89. The maximum atomic E-state index is 12.8. The average molecular weight is 309 g/mol. The summed E-state index contributed by atoms with van der Waals surface area (Å²) >= 11 is 13.4. The highest BCUT2D eigenvalue weighted by Gasteiger charge is 2.57. The van der Waals surface area contributed by atoms with E-state index < -0.39 is 15.0 Å². The van der Waals surface area contributed by atoms with E-state index in [1.165, 1.54) is 0 Å². The van der Waals surface area contributed by atoms with E-state index in [9.17, 15) is 4.21 Å². The van der Waals surface area contributed by atoms with Gasteiger partial charge in [-0.2, -0.15) is 0 Å². The van der Waals surface area contributed by atoms with Crippen LogP contribution in [-0.4, -0.2) is 4.21 Å². The molecule has 2 heterocycles. The first-order valence-electron chi connectivity index (χ1n) is 6.08. The maximum Gasteiger partial charge on any atom is 0.170 e. The lowest BCUT2D eigenvalue weighted by Crippen LogP contribution is -2.30. The SMILES string of the molecule is O=S1C2c3ccccc3[C@]1(Cl)c1ccccc1C2Cl. The molecule has 2 aromatic rings. The van der Waals surface area contributed by atoms with Gasteiger partial charge in [-0.15, -0.1) is 11.6 Å². The van der Waals surface area contributed by atoms with E-state index in [1.807, 2.05) is 48.5 Å². The number of fused-ring (bicyclic) bond motifs is 7. The van der Waals surface area contributed by atoms with E-state index >= 15 is 0 Å². The van der Waals surface area contributed by atoms with Crippen molar-refractivity contribution in [3.8, 4) is 0 Å².